The molecule has 1 amide bonds. The van der Waals surface area contributed by atoms with E-state index >= 15 is 0 Å². The monoisotopic (exact) mass is 258 g/mol. The molecule has 5 heteroatoms. The smallest absolute Gasteiger partial charge is 0.234 e. The Bertz CT molecular complexity index is 481. The molecule has 2 rings (SSSR count). The maximum absolute atomic E-state index is 11.6. The summed E-state index contributed by atoms with van der Waals surface area (Å²) in [5.41, 5.74) is 1.10. The zero-order valence-corrected chi connectivity index (χ0v) is 10.7. The minimum atomic E-state index is 0.00400. The number of nitrogens with zero attached hydrogens (tertiary/aromatic N) is 2. The number of hydrogen-bond acceptors (Lipinski definition) is 3. The van der Waals surface area contributed by atoms with Gasteiger partial charge in [0.1, 0.15) is 0 Å². The van der Waals surface area contributed by atoms with Crippen LogP contribution in [0.15, 0.2) is 48.8 Å². The molecule has 1 aromatic carbocycles. The molecular formula is C14H18N4O. The molecule has 0 spiro atoms. The van der Waals surface area contributed by atoms with Crippen molar-refractivity contribution in [3.05, 3.63) is 54.4 Å². The summed E-state index contributed by atoms with van der Waals surface area (Å²) in [6.07, 6.45) is 3.64. The minimum absolute atomic E-state index is 0.00400. The highest BCUT2D eigenvalue weighted by molar-refractivity contribution is 5.77. The van der Waals surface area contributed by atoms with Gasteiger partial charge >= 0.3 is 0 Å². The zero-order chi connectivity index (χ0) is 13.3. The van der Waals surface area contributed by atoms with E-state index < -0.39 is 0 Å². The van der Waals surface area contributed by atoms with Crippen molar-refractivity contribution < 1.29 is 4.79 Å². The third-order valence-electron chi connectivity index (χ3n) is 2.69. The van der Waals surface area contributed by atoms with Crippen molar-refractivity contribution in [1.29, 1.82) is 0 Å². The van der Waals surface area contributed by atoms with Gasteiger partial charge in [-0.15, -0.1) is 0 Å². The average Bonchev–Trinajstić information content (AvgIpc) is 2.96. The average molecular weight is 258 g/mol. The van der Waals surface area contributed by atoms with Gasteiger partial charge in [-0.1, -0.05) is 30.3 Å². The van der Waals surface area contributed by atoms with E-state index in [9.17, 15) is 4.79 Å². The molecule has 1 heterocycles. The molecule has 5 nitrogen and oxygen atoms in total. The van der Waals surface area contributed by atoms with Gasteiger partial charge in [0, 0.05) is 25.5 Å². The molecule has 0 saturated carbocycles. The van der Waals surface area contributed by atoms with Crippen molar-refractivity contribution in [1.82, 2.24) is 20.4 Å². The molecule has 0 atom stereocenters. The Balaban J connectivity index is 1.57. The molecule has 2 aromatic rings. The standard InChI is InChI=1S/C14H18N4O/c19-14(16-11-13-5-2-1-3-6-13)12-15-8-10-18-9-4-7-17-18/h1-7,9,15H,8,10-12H2,(H,16,19). The number of carbonyl (C=O) groups excluding carboxylic acids is 1. The fourth-order valence-electron chi connectivity index (χ4n) is 1.69. The van der Waals surface area contributed by atoms with Gasteiger partial charge in [-0.3, -0.25) is 9.48 Å². The summed E-state index contributed by atoms with van der Waals surface area (Å²) in [4.78, 5) is 11.6. The van der Waals surface area contributed by atoms with E-state index in [2.05, 4.69) is 15.7 Å². The second kappa shape index (κ2) is 7.33. The van der Waals surface area contributed by atoms with Gasteiger partial charge in [-0.25, -0.2) is 0 Å². The molecule has 0 radical (unpaired) electrons. The van der Waals surface area contributed by atoms with Crippen molar-refractivity contribution in [3.63, 3.8) is 0 Å². The summed E-state index contributed by atoms with van der Waals surface area (Å²) >= 11 is 0. The normalized spacial score (nSPS) is 10.3. The maximum atomic E-state index is 11.6. The number of hydrogen-bond donors (Lipinski definition) is 2. The molecule has 0 saturated heterocycles. The van der Waals surface area contributed by atoms with E-state index in [1.54, 1.807) is 6.20 Å². The van der Waals surface area contributed by atoms with Crippen molar-refractivity contribution in [3.8, 4) is 0 Å². The number of aromatic nitrogens is 2. The molecule has 100 valence electrons. The van der Waals surface area contributed by atoms with Crippen LogP contribution in [0.25, 0.3) is 0 Å². The summed E-state index contributed by atoms with van der Waals surface area (Å²) in [6, 6.07) is 11.7. The summed E-state index contributed by atoms with van der Waals surface area (Å²) in [7, 11) is 0. The van der Waals surface area contributed by atoms with Crippen molar-refractivity contribution in [2.24, 2.45) is 0 Å². The first-order valence-electron chi connectivity index (χ1n) is 6.33. The topological polar surface area (TPSA) is 59.0 Å². The van der Waals surface area contributed by atoms with Crippen LogP contribution in [0.5, 0.6) is 0 Å². The van der Waals surface area contributed by atoms with Crippen molar-refractivity contribution in [2.45, 2.75) is 13.1 Å². The lowest BCUT2D eigenvalue weighted by molar-refractivity contribution is -0.120. The minimum Gasteiger partial charge on any atom is -0.351 e. The Labute approximate surface area is 112 Å². The number of carbonyl (C=O) groups is 1. The van der Waals surface area contributed by atoms with Gasteiger partial charge in [0.25, 0.3) is 0 Å². The molecule has 0 aliphatic heterocycles. The van der Waals surface area contributed by atoms with E-state index in [4.69, 9.17) is 0 Å². The molecule has 1 aromatic heterocycles. The van der Waals surface area contributed by atoms with Crippen molar-refractivity contribution >= 4 is 5.91 Å². The van der Waals surface area contributed by atoms with Crippen LogP contribution < -0.4 is 10.6 Å². The lowest BCUT2D eigenvalue weighted by Gasteiger charge is -2.07. The van der Waals surface area contributed by atoms with Gasteiger partial charge < -0.3 is 10.6 Å². The Morgan fingerprint density at radius 1 is 1.21 bits per heavy atom. The molecule has 19 heavy (non-hydrogen) atoms. The second-order valence-corrected chi connectivity index (χ2v) is 4.21. The molecule has 0 unspecified atom stereocenters. The first-order chi connectivity index (χ1) is 9.34. The highest BCUT2D eigenvalue weighted by atomic mass is 16.1. The maximum Gasteiger partial charge on any atom is 0.234 e. The van der Waals surface area contributed by atoms with Crippen LogP contribution in [0.2, 0.25) is 0 Å². The fraction of sp³-hybridized carbons (Fsp3) is 0.286. The van der Waals surface area contributed by atoms with Gasteiger partial charge in [-0.05, 0) is 11.6 Å². The van der Waals surface area contributed by atoms with Crippen LogP contribution >= 0.6 is 0 Å². The van der Waals surface area contributed by atoms with Crippen LogP contribution in [0.1, 0.15) is 5.56 Å². The Kier molecular flexibility index (Phi) is 5.13. The largest absolute Gasteiger partial charge is 0.351 e. The SMILES string of the molecule is O=C(CNCCn1cccn1)NCc1ccccc1. The summed E-state index contributed by atoms with van der Waals surface area (Å²) in [5.74, 6) is 0.00400. The van der Waals surface area contributed by atoms with Crippen LogP contribution in [0, 0.1) is 0 Å². The van der Waals surface area contributed by atoms with Crippen LogP contribution in [0.4, 0.5) is 0 Å². The Morgan fingerprint density at radius 3 is 2.79 bits per heavy atom. The molecular weight excluding hydrogens is 240 g/mol. The van der Waals surface area contributed by atoms with E-state index in [1.165, 1.54) is 0 Å². The fourth-order valence-corrected chi connectivity index (χ4v) is 1.69. The molecule has 0 bridgehead atoms. The van der Waals surface area contributed by atoms with Gasteiger partial charge in [0.2, 0.25) is 5.91 Å². The van der Waals surface area contributed by atoms with E-state index in [-0.39, 0.29) is 5.91 Å². The quantitative estimate of drug-likeness (QED) is 0.722. The Hall–Kier alpha value is -2.14. The summed E-state index contributed by atoms with van der Waals surface area (Å²) in [6.45, 7) is 2.38. The Morgan fingerprint density at radius 2 is 2.05 bits per heavy atom. The zero-order valence-electron chi connectivity index (χ0n) is 10.7. The lowest BCUT2D eigenvalue weighted by atomic mass is 10.2. The second-order valence-electron chi connectivity index (χ2n) is 4.21. The molecule has 2 N–H and O–H groups in total. The van der Waals surface area contributed by atoms with E-state index in [0.29, 0.717) is 13.1 Å². The van der Waals surface area contributed by atoms with E-state index in [1.807, 2.05) is 47.3 Å². The molecule has 0 fully saturated rings. The third kappa shape index (κ3) is 4.93. The predicted octanol–water partition coefficient (Wildman–Crippen LogP) is 0.789. The number of amides is 1. The van der Waals surface area contributed by atoms with Gasteiger partial charge in [-0.2, -0.15) is 5.10 Å². The van der Waals surface area contributed by atoms with Gasteiger partial charge in [0.05, 0.1) is 13.1 Å². The van der Waals surface area contributed by atoms with Crippen LogP contribution in [-0.2, 0) is 17.9 Å². The highest BCUT2D eigenvalue weighted by Crippen LogP contribution is 1.96. The first-order valence-corrected chi connectivity index (χ1v) is 6.33. The lowest BCUT2D eigenvalue weighted by Crippen LogP contribution is -2.34. The summed E-state index contributed by atoms with van der Waals surface area (Å²) < 4.78 is 1.83. The first kappa shape index (κ1) is 13.3. The van der Waals surface area contributed by atoms with Crippen LogP contribution in [0.3, 0.4) is 0 Å². The van der Waals surface area contributed by atoms with Crippen LogP contribution in [-0.4, -0.2) is 28.8 Å². The van der Waals surface area contributed by atoms with E-state index in [0.717, 1.165) is 18.7 Å². The number of nitrogens with one attached hydrogen (secondary N) is 2. The summed E-state index contributed by atoms with van der Waals surface area (Å²) in [5, 5.41) is 10.0. The van der Waals surface area contributed by atoms with Gasteiger partial charge in [0.15, 0.2) is 0 Å². The number of benzene rings is 1. The predicted molar refractivity (Wildman–Crippen MR) is 73.4 cm³/mol. The molecule has 0 aliphatic carbocycles. The number of rotatable bonds is 7. The van der Waals surface area contributed by atoms with Crippen molar-refractivity contribution in [2.75, 3.05) is 13.1 Å². The highest BCUT2D eigenvalue weighted by Gasteiger charge is 2.00. The third-order valence-corrected chi connectivity index (χ3v) is 2.69. The molecule has 0 aliphatic rings.